The first kappa shape index (κ1) is 12.1. The molecule has 2 nitrogen and oxygen atoms in total. The normalized spacial score (nSPS) is 12.7. The maximum absolute atomic E-state index is 13.1. The van der Waals surface area contributed by atoms with Crippen molar-refractivity contribution in [1.82, 2.24) is 0 Å². The fourth-order valence-electron chi connectivity index (χ4n) is 1.61. The molecule has 1 aromatic heterocycles. The lowest BCUT2D eigenvalue weighted by Gasteiger charge is -2.02. The summed E-state index contributed by atoms with van der Waals surface area (Å²) in [6.45, 7) is 1.68. The topological polar surface area (TPSA) is 33.4 Å². The first-order valence-corrected chi connectivity index (χ1v) is 5.66. The molecule has 1 aromatic carbocycles. The number of hydrogen-bond donors (Lipinski definition) is 1. The Kier molecular flexibility index (Phi) is 3.50. The van der Waals surface area contributed by atoms with Gasteiger partial charge in [-0.3, -0.25) is 0 Å². The van der Waals surface area contributed by atoms with Crippen LogP contribution in [0.25, 0.3) is 11.3 Å². The summed E-state index contributed by atoms with van der Waals surface area (Å²) >= 11 is 5.97. The van der Waals surface area contributed by atoms with Crippen LogP contribution in [0.2, 0.25) is 5.02 Å². The number of rotatable bonds is 3. The third-order valence-electron chi connectivity index (χ3n) is 2.35. The van der Waals surface area contributed by atoms with Crippen LogP contribution in [0, 0.1) is 5.82 Å². The summed E-state index contributed by atoms with van der Waals surface area (Å²) in [5, 5.41) is 9.67. The van der Waals surface area contributed by atoms with Crippen LogP contribution in [-0.2, 0) is 6.42 Å². The number of furan rings is 1. The lowest BCUT2D eigenvalue weighted by Crippen LogP contribution is -2.02. The molecule has 0 saturated heterocycles. The lowest BCUT2D eigenvalue weighted by atomic mass is 10.1. The van der Waals surface area contributed by atoms with E-state index in [4.69, 9.17) is 16.0 Å². The first-order valence-electron chi connectivity index (χ1n) is 5.28. The third-order valence-corrected chi connectivity index (χ3v) is 2.68. The minimum absolute atomic E-state index is 0.363. The van der Waals surface area contributed by atoms with Crippen molar-refractivity contribution in [3.8, 4) is 11.3 Å². The monoisotopic (exact) mass is 254 g/mol. The van der Waals surface area contributed by atoms with Crippen molar-refractivity contribution in [2.45, 2.75) is 19.4 Å². The van der Waals surface area contributed by atoms with Crippen LogP contribution in [0.1, 0.15) is 12.7 Å². The maximum atomic E-state index is 13.1. The molecular weight excluding hydrogens is 243 g/mol. The fraction of sp³-hybridized carbons (Fsp3) is 0.231. The summed E-state index contributed by atoms with van der Waals surface area (Å²) in [6.07, 6.45) is -0.0515. The molecule has 1 unspecified atom stereocenters. The zero-order valence-corrected chi connectivity index (χ0v) is 10.0. The minimum Gasteiger partial charge on any atom is -0.461 e. The smallest absolute Gasteiger partial charge is 0.135 e. The summed E-state index contributed by atoms with van der Waals surface area (Å²) in [4.78, 5) is 0. The predicted octanol–water partition coefficient (Wildman–Crippen LogP) is 3.66. The Morgan fingerprint density at radius 3 is 2.82 bits per heavy atom. The molecule has 1 heterocycles. The van der Waals surface area contributed by atoms with Gasteiger partial charge in [0.15, 0.2) is 0 Å². The van der Waals surface area contributed by atoms with E-state index in [0.29, 0.717) is 28.5 Å². The molecule has 1 atom stereocenters. The average Bonchev–Trinajstić information content (AvgIpc) is 2.69. The Labute approximate surface area is 104 Å². The molecule has 17 heavy (non-hydrogen) atoms. The molecule has 0 bridgehead atoms. The van der Waals surface area contributed by atoms with Crippen LogP contribution in [0.4, 0.5) is 4.39 Å². The second-order valence-corrected chi connectivity index (χ2v) is 4.35. The van der Waals surface area contributed by atoms with E-state index in [9.17, 15) is 9.50 Å². The van der Waals surface area contributed by atoms with E-state index in [-0.39, 0.29) is 5.82 Å². The van der Waals surface area contributed by atoms with Gasteiger partial charge in [0.05, 0.1) is 11.1 Å². The minimum atomic E-state index is -0.475. The molecule has 0 aliphatic carbocycles. The Balaban J connectivity index is 2.33. The molecule has 2 aromatic rings. The Morgan fingerprint density at radius 1 is 1.35 bits per heavy atom. The second-order valence-electron chi connectivity index (χ2n) is 3.94. The van der Waals surface area contributed by atoms with Gasteiger partial charge in [-0.15, -0.1) is 0 Å². The summed E-state index contributed by atoms with van der Waals surface area (Å²) in [6, 6.07) is 7.59. The molecule has 0 saturated carbocycles. The first-order chi connectivity index (χ1) is 8.06. The second kappa shape index (κ2) is 4.90. The standard InChI is InChI=1S/C13H12ClFO2/c1-8(16)6-10-3-5-13(17-10)11-7-9(15)2-4-12(11)14/h2-5,7-8,16H,6H2,1H3. The van der Waals surface area contributed by atoms with Gasteiger partial charge >= 0.3 is 0 Å². The van der Waals surface area contributed by atoms with Gasteiger partial charge in [0, 0.05) is 12.0 Å². The van der Waals surface area contributed by atoms with Crippen LogP contribution in [0.5, 0.6) is 0 Å². The molecule has 0 aliphatic rings. The summed E-state index contributed by atoms with van der Waals surface area (Å²) in [5.41, 5.74) is 0.517. The van der Waals surface area contributed by atoms with Gasteiger partial charge in [0.2, 0.25) is 0 Å². The number of halogens is 2. The van der Waals surface area contributed by atoms with Crippen LogP contribution in [-0.4, -0.2) is 11.2 Å². The van der Waals surface area contributed by atoms with Crippen molar-refractivity contribution in [3.63, 3.8) is 0 Å². The van der Waals surface area contributed by atoms with Gasteiger partial charge < -0.3 is 9.52 Å². The molecule has 2 rings (SSSR count). The molecule has 0 aliphatic heterocycles. The highest BCUT2D eigenvalue weighted by atomic mass is 35.5. The molecule has 0 fully saturated rings. The largest absolute Gasteiger partial charge is 0.461 e. The zero-order valence-electron chi connectivity index (χ0n) is 9.28. The van der Waals surface area contributed by atoms with Crippen LogP contribution in [0.15, 0.2) is 34.7 Å². The predicted molar refractivity (Wildman–Crippen MR) is 64.5 cm³/mol. The molecule has 0 spiro atoms. The molecule has 4 heteroatoms. The van der Waals surface area contributed by atoms with Gasteiger partial charge in [-0.25, -0.2) is 4.39 Å². The number of benzene rings is 1. The Morgan fingerprint density at radius 2 is 2.12 bits per heavy atom. The molecule has 0 radical (unpaired) electrons. The van der Waals surface area contributed by atoms with Crippen LogP contribution < -0.4 is 0 Å². The maximum Gasteiger partial charge on any atom is 0.135 e. The van der Waals surface area contributed by atoms with E-state index in [1.54, 1.807) is 19.1 Å². The SMILES string of the molecule is CC(O)Cc1ccc(-c2cc(F)ccc2Cl)o1. The summed E-state index contributed by atoms with van der Waals surface area (Å²) in [7, 11) is 0. The van der Waals surface area contributed by atoms with Gasteiger partial charge in [-0.1, -0.05) is 11.6 Å². The molecule has 1 N–H and O–H groups in total. The quantitative estimate of drug-likeness (QED) is 0.907. The van der Waals surface area contributed by atoms with Crippen LogP contribution >= 0.6 is 11.6 Å². The van der Waals surface area contributed by atoms with Crippen LogP contribution in [0.3, 0.4) is 0 Å². The zero-order chi connectivity index (χ0) is 12.4. The highest BCUT2D eigenvalue weighted by molar-refractivity contribution is 6.33. The third kappa shape index (κ3) is 2.87. The van der Waals surface area contributed by atoms with E-state index in [2.05, 4.69) is 0 Å². The highest BCUT2D eigenvalue weighted by Crippen LogP contribution is 2.30. The number of aliphatic hydroxyl groups excluding tert-OH is 1. The number of hydrogen-bond acceptors (Lipinski definition) is 2. The van der Waals surface area contributed by atoms with Gasteiger partial charge in [0.1, 0.15) is 17.3 Å². The van der Waals surface area contributed by atoms with Crippen molar-refractivity contribution >= 4 is 11.6 Å². The summed E-state index contributed by atoms with van der Waals surface area (Å²) < 4.78 is 18.6. The van der Waals surface area contributed by atoms with E-state index in [1.807, 2.05) is 0 Å². The molecule has 0 amide bonds. The average molecular weight is 255 g/mol. The van der Waals surface area contributed by atoms with Crippen molar-refractivity contribution in [1.29, 1.82) is 0 Å². The van der Waals surface area contributed by atoms with Crippen molar-refractivity contribution < 1.29 is 13.9 Å². The van der Waals surface area contributed by atoms with E-state index in [1.165, 1.54) is 18.2 Å². The lowest BCUT2D eigenvalue weighted by molar-refractivity contribution is 0.187. The van der Waals surface area contributed by atoms with E-state index in [0.717, 1.165) is 0 Å². The fourth-order valence-corrected chi connectivity index (χ4v) is 1.82. The van der Waals surface area contributed by atoms with Gasteiger partial charge in [0.25, 0.3) is 0 Å². The van der Waals surface area contributed by atoms with E-state index < -0.39 is 6.10 Å². The molecular formula is C13H12ClFO2. The van der Waals surface area contributed by atoms with Gasteiger partial charge in [-0.2, -0.15) is 0 Å². The summed E-state index contributed by atoms with van der Waals surface area (Å²) in [5.74, 6) is 0.790. The Hall–Kier alpha value is -1.32. The highest BCUT2D eigenvalue weighted by Gasteiger charge is 2.10. The number of aliphatic hydroxyl groups is 1. The van der Waals surface area contributed by atoms with Crippen molar-refractivity contribution in [2.75, 3.05) is 0 Å². The molecule has 90 valence electrons. The Bertz CT molecular complexity index is 520. The van der Waals surface area contributed by atoms with Crippen molar-refractivity contribution in [3.05, 3.63) is 46.9 Å². The van der Waals surface area contributed by atoms with E-state index >= 15 is 0 Å². The van der Waals surface area contributed by atoms with Gasteiger partial charge in [-0.05, 0) is 37.3 Å². The van der Waals surface area contributed by atoms with Crippen molar-refractivity contribution in [2.24, 2.45) is 0 Å².